The molecule has 0 aliphatic rings. The maximum atomic E-state index is 12.3. The molecule has 0 aliphatic heterocycles. The van der Waals surface area contributed by atoms with Gasteiger partial charge < -0.3 is 9.84 Å². The summed E-state index contributed by atoms with van der Waals surface area (Å²) in [4.78, 5) is 22.9. The highest BCUT2D eigenvalue weighted by atomic mass is 16.5. The molecule has 4 heteroatoms. The molecular formula is C30H56O4. The van der Waals surface area contributed by atoms with Gasteiger partial charge in [0.2, 0.25) is 0 Å². The third-order valence-corrected chi connectivity index (χ3v) is 6.47. The topological polar surface area (TPSA) is 63.6 Å². The molecule has 1 unspecified atom stereocenters. The molecule has 0 saturated heterocycles. The van der Waals surface area contributed by atoms with Crippen LogP contribution in [-0.2, 0) is 14.3 Å². The predicted octanol–water partition coefficient (Wildman–Crippen LogP) is 9.55. The van der Waals surface area contributed by atoms with Gasteiger partial charge in [-0.3, -0.25) is 9.59 Å². The van der Waals surface area contributed by atoms with Crippen molar-refractivity contribution >= 4 is 11.9 Å². The van der Waals surface area contributed by atoms with Crippen molar-refractivity contribution in [2.24, 2.45) is 0 Å². The molecule has 0 bridgehead atoms. The van der Waals surface area contributed by atoms with Gasteiger partial charge in [0.15, 0.2) is 0 Å². The van der Waals surface area contributed by atoms with Crippen molar-refractivity contribution in [1.82, 2.24) is 0 Å². The Morgan fingerprint density at radius 3 is 1.65 bits per heavy atom. The number of hydrogen-bond acceptors (Lipinski definition) is 3. The van der Waals surface area contributed by atoms with Crippen LogP contribution in [0.5, 0.6) is 0 Å². The fourth-order valence-electron chi connectivity index (χ4n) is 4.25. The van der Waals surface area contributed by atoms with E-state index in [2.05, 4.69) is 26.0 Å². The molecule has 0 rings (SSSR count). The number of aliphatic carboxylic acids is 1. The monoisotopic (exact) mass is 480 g/mol. The third kappa shape index (κ3) is 25.3. The van der Waals surface area contributed by atoms with Crippen LogP contribution < -0.4 is 0 Å². The lowest BCUT2D eigenvalue weighted by Crippen LogP contribution is -2.16. The molecule has 1 N–H and O–H groups in total. The predicted molar refractivity (Wildman–Crippen MR) is 144 cm³/mol. The average molecular weight is 481 g/mol. The van der Waals surface area contributed by atoms with Crippen molar-refractivity contribution in [3.63, 3.8) is 0 Å². The zero-order valence-corrected chi connectivity index (χ0v) is 22.7. The average Bonchev–Trinajstić information content (AvgIpc) is 2.81. The van der Waals surface area contributed by atoms with Crippen molar-refractivity contribution in [1.29, 1.82) is 0 Å². The number of ether oxygens (including phenoxy) is 1. The van der Waals surface area contributed by atoms with Gasteiger partial charge in [0, 0.05) is 12.8 Å². The molecule has 0 amide bonds. The molecule has 0 aromatic carbocycles. The molecule has 200 valence electrons. The van der Waals surface area contributed by atoms with Gasteiger partial charge in [-0.15, -0.1) is 0 Å². The van der Waals surface area contributed by atoms with Gasteiger partial charge in [-0.1, -0.05) is 123 Å². The number of unbranched alkanes of at least 4 members (excludes halogenated alkanes) is 17. The second-order valence-corrected chi connectivity index (χ2v) is 9.94. The number of carboxylic acids is 1. The van der Waals surface area contributed by atoms with Crippen molar-refractivity contribution in [3.8, 4) is 0 Å². The number of carbonyl (C=O) groups is 2. The summed E-state index contributed by atoms with van der Waals surface area (Å²) in [6.07, 6.45) is 29.6. The Hall–Kier alpha value is -1.32. The summed E-state index contributed by atoms with van der Waals surface area (Å²) in [5.74, 6) is -0.794. The number of carboxylic acid groups (broad SMARTS) is 1. The quantitative estimate of drug-likeness (QED) is 0.0760. The Balaban J connectivity index is 3.85. The van der Waals surface area contributed by atoms with Gasteiger partial charge in [0.05, 0.1) is 0 Å². The molecule has 0 saturated carbocycles. The first-order chi connectivity index (χ1) is 16.6. The zero-order valence-electron chi connectivity index (χ0n) is 22.7. The fourth-order valence-corrected chi connectivity index (χ4v) is 4.25. The number of carbonyl (C=O) groups excluding carboxylic acids is 1. The van der Waals surface area contributed by atoms with E-state index in [-0.39, 0.29) is 18.5 Å². The van der Waals surface area contributed by atoms with Gasteiger partial charge in [0.1, 0.15) is 6.10 Å². The summed E-state index contributed by atoms with van der Waals surface area (Å²) in [5, 5.41) is 8.72. The summed E-state index contributed by atoms with van der Waals surface area (Å²) in [7, 11) is 0. The highest BCUT2D eigenvalue weighted by Gasteiger charge is 2.11. The molecule has 0 aliphatic carbocycles. The van der Waals surface area contributed by atoms with E-state index >= 15 is 0 Å². The molecule has 4 nitrogen and oxygen atoms in total. The summed E-state index contributed by atoms with van der Waals surface area (Å²) in [5.41, 5.74) is 0. The Kier molecular flexibility index (Phi) is 25.3. The first-order valence-corrected chi connectivity index (χ1v) is 14.7. The number of esters is 1. The highest BCUT2D eigenvalue weighted by Crippen LogP contribution is 2.15. The van der Waals surface area contributed by atoms with E-state index in [0.29, 0.717) is 6.42 Å². The van der Waals surface area contributed by atoms with Crippen molar-refractivity contribution in [3.05, 3.63) is 12.2 Å². The van der Waals surface area contributed by atoms with E-state index in [1.54, 1.807) is 0 Å². The van der Waals surface area contributed by atoms with E-state index in [1.165, 1.54) is 70.6 Å². The summed E-state index contributed by atoms with van der Waals surface area (Å²) >= 11 is 0. The molecule has 0 aromatic rings. The molecule has 0 fully saturated rings. The molecule has 0 aromatic heterocycles. The van der Waals surface area contributed by atoms with Crippen LogP contribution in [0.15, 0.2) is 12.2 Å². The van der Waals surface area contributed by atoms with Crippen molar-refractivity contribution < 1.29 is 19.4 Å². The molecule has 1 atom stereocenters. The van der Waals surface area contributed by atoms with Crippen LogP contribution >= 0.6 is 0 Å². The van der Waals surface area contributed by atoms with Crippen molar-refractivity contribution in [2.45, 2.75) is 168 Å². The lowest BCUT2D eigenvalue weighted by Gasteiger charge is -2.15. The lowest BCUT2D eigenvalue weighted by molar-refractivity contribution is -0.147. The molecular weight excluding hydrogens is 424 g/mol. The van der Waals surface area contributed by atoms with Gasteiger partial charge in [-0.05, 0) is 38.2 Å². The second-order valence-electron chi connectivity index (χ2n) is 9.94. The SMILES string of the molecule is CCCC/C=C\C(CCCCCCC(=O)O)OC(=O)CCCCCCCCCCCCCCC. The fraction of sp³-hybridized carbons (Fsp3) is 0.867. The van der Waals surface area contributed by atoms with E-state index in [0.717, 1.165) is 64.2 Å². The minimum atomic E-state index is -0.723. The number of rotatable bonds is 26. The van der Waals surface area contributed by atoms with Gasteiger partial charge in [-0.2, -0.15) is 0 Å². The number of hydrogen-bond donors (Lipinski definition) is 1. The first-order valence-electron chi connectivity index (χ1n) is 14.7. The number of allylic oxidation sites excluding steroid dienone is 1. The van der Waals surface area contributed by atoms with E-state index in [9.17, 15) is 9.59 Å². The first kappa shape index (κ1) is 32.7. The van der Waals surface area contributed by atoms with Gasteiger partial charge in [0.25, 0.3) is 0 Å². The van der Waals surface area contributed by atoms with E-state index in [1.807, 2.05) is 0 Å². The molecule has 0 spiro atoms. The Labute approximate surface area is 211 Å². The van der Waals surface area contributed by atoms with Gasteiger partial charge >= 0.3 is 11.9 Å². The highest BCUT2D eigenvalue weighted by molar-refractivity contribution is 5.69. The van der Waals surface area contributed by atoms with Crippen LogP contribution in [0, 0.1) is 0 Å². The normalized spacial score (nSPS) is 12.3. The third-order valence-electron chi connectivity index (χ3n) is 6.47. The Bertz CT molecular complexity index is 486. The van der Waals surface area contributed by atoms with Crippen LogP contribution in [0.1, 0.15) is 162 Å². The van der Waals surface area contributed by atoms with Crippen molar-refractivity contribution in [2.75, 3.05) is 0 Å². The van der Waals surface area contributed by atoms with E-state index in [4.69, 9.17) is 9.84 Å². The molecule has 0 radical (unpaired) electrons. The largest absolute Gasteiger partial charge is 0.481 e. The van der Waals surface area contributed by atoms with Crippen LogP contribution in [0.3, 0.4) is 0 Å². The van der Waals surface area contributed by atoms with Crippen LogP contribution in [0.4, 0.5) is 0 Å². The molecule has 0 heterocycles. The molecule has 34 heavy (non-hydrogen) atoms. The lowest BCUT2D eigenvalue weighted by atomic mass is 10.0. The van der Waals surface area contributed by atoms with Crippen LogP contribution in [0.2, 0.25) is 0 Å². The van der Waals surface area contributed by atoms with Crippen LogP contribution in [-0.4, -0.2) is 23.1 Å². The Morgan fingerprint density at radius 1 is 0.647 bits per heavy atom. The maximum absolute atomic E-state index is 12.3. The van der Waals surface area contributed by atoms with E-state index < -0.39 is 5.97 Å². The second kappa shape index (κ2) is 26.3. The maximum Gasteiger partial charge on any atom is 0.306 e. The smallest absolute Gasteiger partial charge is 0.306 e. The minimum absolute atomic E-state index is 0.0703. The summed E-state index contributed by atoms with van der Waals surface area (Å²) < 4.78 is 5.76. The zero-order chi connectivity index (χ0) is 25.1. The summed E-state index contributed by atoms with van der Waals surface area (Å²) in [6.45, 7) is 4.45. The Morgan fingerprint density at radius 2 is 1.12 bits per heavy atom. The van der Waals surface area contributed by atoms with Crippen LogP contribution in [0.25, 0.3) is 0 Å². The van der Waals surface area contributed by atoms with Gasteiger partial charge in [-0.25, -0.2) is 0 Å². The standard InChI is InChI=1S/C30H56O4/c1-3-5-7-9-10-11-12-13-14-15-16-17-23-27-30(33)34-28(24-20-8-6-4-2)25-21-18-19-22-26-29(31)32/h20,24,28H,3-19,21-23,25-27H2,1-2H3,(H,31,32)/b24-20-. The summed E-state index contributed by atoms with van der Waals surface area (Å²) in [6, 6.07) is 0. The minimum Gasteiger partial charge on any atom is -0.481 e.